The molecule has 2 heterocycles. The van der Waals surface area contributed by atoms with E-state index >= 15 is 0 Å². The molecule has 0 radical (unpaired) electrons. The van der Waals surface area contributed by atoms with Gasteiger partial charge in [-0.15, -0.1) is 0 Å². The maximum absolute atomic E-state index is 6.11. The second-order valence-electron chi connectivity index (χ2n) is 5.86. The van der Waals surface area contributed by atoms with Gasteiger partial charge in [0.2, 0.25) is 0 Å². The Morgan fingerprint density at radius 1 is 1.19 bits per heavy atom. The van der Waals surface area contributed by atoms with E-state index < -0.39 is 0 Å². The number of hydrogen-bond acceptors (Lipinski definition) is 2. The van der Waals surface area contributed by atoms with Gasteiger partial charge in [0.05, 0.1) is 18.5 Å². The minimum atomic E-state index is 0.333. The van der Waals surface area contributed by atoms with Crippen molar-refractivity contribution < 1.29 is 9.47 Å². The maximum atomic E-state index is 6.11. The van der Waals surface area contributed by atoms with Crippen LogP contribution in [-0.2, 0) is 9.47 Å². The lowest BCUT2D eigenvalue weighted by atomic mass is 9.70. The molecule has 5 atom stereocenters. The molecule has 1 aliphatic carbocycles. The van der Waals surface area contributed by atoms with Gasteiger partial charge in [-0.1, -0.05) is 12.8 Å². The number of rotatable bonds is 2. The minimum absolute atomic E-state index is 0.333. The van der Waals surface area contributed by atoms with E-state index in [9.17, 15) is 0 Å². The predicted molar refractivity (Wildman–Crippen MR) is 63.0 cm³/mol. The van der Waals surface area contributed by atoms with E-state index in [1.165, 1.54) is 31.3 Å². The van der Waals surface area contributed by atoms with Crippen molar-refractivity contribution in [1.82, 2.24) is 0 Å². The molecule has 2 aliphatic heterocycles. The van der Waals surface area contributed by atoms with E-state index in [-0.39, 0.29) is 0 Å². The average Bonchev–Trinajstić information content (AvgIpc) is 2.85. The van der Waals surface area contributed by atoms with Crippen molar-refractivity contribution in [3.05, 3.63) is 11.8 Å². The topological polar surface area (TPSA) is 18.5 Å². The predicted octanol–water partition coefficient (Wildman–Crippen LogP) is 3.27. The molecule has 2 saturated heterocycles. The summed E-state index contributed by atoms with van der Waals surface area (Å²) in [5.41, 5.74) is 1.24. The van der Waals surface area contributed by atoms with Crippen LogP contribution in [0.15, 0.2) is 11.8 Å². The van der Waals surface area contributed by atoms with E-state index in [1.54, 1.807) is 0 Å². The van der Waals surface area contributed by atoms with Gasteiger partial charge < -0.3 is 9.47 Å². The SMILES string of the molecule is CC(C)=COC1CC2OC1C1CCCCC21. The smallest absolute Gasteiger partial charge is 0.127 e. The summed E-state index contributed by atoms with van der Waals surface area (Å²) < 4.78 is 12.0. The Bertz CT molecular complexity index is 293. The first-order valence-electron chi connectivity index (χ1n) is 6.70. The lowest BCUT2D eigenvalue weighted by Crippen LogP contribution is -2.38. The molecule has 3 rings (SSSR count). The quantitative estimate of drug-likeness (QED) is 0.668. The molecule has 0 amide bonds. The maximum Gasteiger partial charge on any atom is 0.127 e. The van der Waals surface area contributed by atoms with Crippen molar-refractivity contribution in [1.29, 1.82) is 0 Å². The molecular weight excluding hydrogens is 200 g/mol. The lowest BCUT2D eigenvalue weighted by molar-refractivity contribution is 0.0182. The van der Waals surface area contributed by atoms with Crippen LogP contribution in [0.2, 0.25) is 0 Å². The van der Waals surface area contributed by atoms with E-state index in [0.717, 1.165) is 18.3 Å². The third kappa shape index (κ3) is 1.67. The Morgan fingerprint density at radius 2 is 1.94 bits per heavy atom. The van der Waals surface area contributed by atoms with Crippen molar-refractivity contribution in [2.24, 2.45) is 11.8 Å². The second-order valence-corrected chi connectivity index (χ2v) is 5.86. The normalized spacial score (nSPS) is 45.2. The highest BCUT2D eigenvalue weighted by Crippen LogP contribution is 2.50. The molecule has 0 spiro atoms. The first kappa shape index (κ1) is 10.6. The van der Waals surface area contributed by atoms with Crippen LogP contribution in [0.1, 0.15) is 46.0 Å². The third-order valence-corrected chi connectivity index (χ3v) is 4.42. The summed E-state index contributed by atoms with van der Waals surface area (Å²) in [5.74, 6) is 1.65. The van der Waals surface area contributed by atoms with Crippen LogP contribution in [0.3, 0.4) is 0 Å². The van der Waals surface area contributed by atoms with E-state index in [4.69, 9.17) is 9.47 Å². The molecule has 5 unspecified atom stereocenters. The van der Waals surface area contributed by atoms with Crippen molar-refractivity contribution in [2.75, 3.05) is 0 Å². The summed E-state index contributed by atoms with van der Waals surface area (Å²) in [4.78, 5) is 0. The van der Waals surface area contributed by atoms with Crippen molar-refractivity contribution >= 4 is 0 Å². The zero-order valence-electron chi connectivity index (χ0n) is 10.3. The molecule has 2 bridgehead atoms. The van der Waals surface area contributed by atoms with Gasteiger partial charge in [0.1, 0.15) is 6.10 Å². The summed E-state index contributed by atoms with van der Waals surface area (Å²) >= 11 is 0. The molecule has 16 heavy (non-hydrogen) atoms. The van der Waals surface area contributed by atoms with Crippen molar-refractivity contribution in [2.45, 2.75) is 64.3 Å². The lowest BCUT2D eigenvalue weighted by Gasteiger charge is -2.35. The molecule has 0 aromatic carbocycles. The Morgan fingerprint density at radius 3 is 2.69 bits per heavy atom. The number of allylic oxidation sites excluding steroid dienone is 1. The highest BCUT2D eigenvalue weighted by molar-refractivity contribution is 5.03. The zero-order chi connectivity index (χ0) is 11.1. The number of ether oxygens (including phenoxy) is 2. The molecule has 0 aromatic heterocycles. The number of hydrogen-bond donors (Lipinski definition) is 0. The first-order valence-corrected chi connectivity index (χ1v) is 6.70. The summed E-state index contributed by atoms with van der Waals surface area (Å²) in [7, 11) is 0. The van der Waals surface area contributed by atoms with Gasteiger partial charge in [0.25, 0.3) is 0 Å². The Hall–Kier alpha value is -0.500. The summed E-state index contributed by atoms with van der Waals surface area (Å²) in [6.45, 7) is 4.16. The molecule has 2 nitrogen and oxygen atoms in total. The Kier molecular flexibility index (Phi) is 2.70. The average molecular weight is 222 g/mol. The van der Waals surface area contributed by atoms with Gasteiger partial charge in [-0.25, -0.2) is 0 Å². The Balaban J connectivity index is 1.67. The van der Waals surface area contributed by atoms with Crippen LogP contribution in [-0.4, -0.2) is 18.3 Å². The fraction of sp³-hybridized carbons (Fsp3) is 0.857. The van der Waals surface area contributed by atoms with Gasteiger partial charge in [-0.05, 0) is 44.1 Å². The van der Waals surface area contributed by atoms with E-state index in [0.29, 0.717) is 18.3 Å². The van der Waals surface area contributed by atoms with E-state index in [1.807, 2.05) is 6.26 Å². The van der Waals surface area contributed by atoms with Crippen molar-refractivity contribution in [3.63, 3.8) is 0 Å². The highest BCUT2D eigenvalue weighted by Gasteiger charge is 2.54. The molecule has 3 aliphatic rings. The van der Waals surface area contributed by atoms with Crippen LogP contribution in [0, 0.1) is 11.8 Å². The van der Waals surface area contributed by atoms with Gasteiger partial charge >= 0.3 is 0 Å². The molecule has 90 valence electrons. The van der Waals surface area contributed by atoms with Gasteiger partial charge in [-0.2, -0.15) is 0 Å². The second kappa shape index (κ2) is 4.06. The van der Waals surface area contributed by atoms with Crippen LogP contribution < -0.4 is 0 Å². The highest BCUT2D eigenvalue weighted by atomic mass is 16.6. The third-order valence-electron chi connectivity index (χ3n) is 4.42. The molecule has 0 aromatic rings. The van der Waals surface area contributed by atoms with E-state index in [2.05, 4.69) is 13.8 Å². The van der Waals surface area contributed by atoms with Crippen LogP contribution in [0.5, 0.6) is 0 Å². The monoisotopic (exact) mass is 222 g/mol. The molecular formula is C14H22O2. The summed E-state index contributed by atoms with van der Waals surface area (Å²) in [6.07, 6.45) is 9.82. The minimum Gasteiger partial charge on any atom is -0.495 e. The van der Waals surface area contributed by atoms with Gasteiger partial charge in [0.15, 0.2) is 0 Å². The molecule has 2 heteroatoms. The van der Waals surface area contributed by atoms with Gasteiger partial charge in [-0.3, -0.25) is 0 Å². The molecule has 1 saturated carbocycles. The summed E-state index contributed by atoms with van der Waals surface area (Å²) in [6, 6.07) is 0. The largest absolute Gasteiger partial charge is 0.495 e. The standard InChI is InChI=1S/C14H22O2/c1-9(2)8-15-13-7-12-10-5-3-4-6-11(10)14(13)16-12/h8,10-14H,3-7H2,1-2H3. The molecule has 0 N–H and O–H groups in total. The first-order chi connectivity index (χ1) is 7.75. The fourth-order valence-corrected chi connectivity index (χ4v) is 3.77. The van der Waals surface area contributed by atoms with Gasteiger partial charge in [0, 0.05) is 6.42 Å². The van der Waals surface area contributed by atoms with Crippen molar-refractivity contribution in [3.8, 4) is 0 Å². The molecule has 3 fully saturated rings. The summed E-state index contributed by atoms with van der Waals surface area (Å²) in [5, 5.41) is 0. The van der Waals surface area contributed by atoms with Crippen LogP contribution >= 0.6 is 0 Å². The Labute approximate surface area is 98.0 Å². The van der Waals surface area contributed by atoms with Crippen LogP contribution in [0.4, 0.5) is 0 Å². The van der Waals surface area contributed by atoms with Crippen LogP contribution in [0.25, 0.3) is 0 Å². The number of fused-ring (bicyclic) bond motifs is 5. The fourth-order valence-electron chi connectivity index (χ4n) is 3.77. The zero-order valence-corrected chi connectivity index (χ0v) is 10.3.